The van der Waals surface area contributed by atoms with E-state index in [0.717, 1.165) is 5.39 Å². The van der Waals surface area contributed by atoms with Crippen LogP contribution in [0, 0.1) is 0 Å². The van der Waals surface area contributed by atoms with Crippen LogP contribution in [0.15, 0.2) is 24.7 Å². The number of hydrogen-bond acceptors (Lipinski definition) is 6. The van der Waals surface area contributed by atoms with Crippen molar-refractivity contribution in [2.75, 3.05) is 18.1 Å². The van der Waals surface area contributed by atoms with E-state index in [9.17, 15) is 8.42 Å². The lowest BCUT2D eigenvalue weighted by atomic mass is 10.0. The van der Waals surface area contributed by atoms with Gasteiger partial charge in [0.2, 0.25) is 0 Å². The van der Waals surface area contributed by atoms with Crippen LogP contribution >= 0.6 is 0 Å². The number of aromatic nitrogens is 3. The highest BCUT2D eigenvalue weighted by atomic mass is 32.2. The van der Waals surface area contributed by atoms with E-state index in [1.807, 2.05) is 19.9 Å². The van der Waals surface area contributed by atoms with Crippen LogP contribution < -0.4 is 5.32 Å². The van der Waals surface area contributed by atoms with E-state index in [1.165, 1.54) is 12.6 Å². The topological polar surface area (TPSA) is 84.8 Å². The molecule has 1 N–H and O–H groups in total. The fourth-order valence-corrected chi connectivity index (χ4v) is 3.82. The van der Waals surface area contributed by atoms with Gasteiger partial charge in [-0.3, -0.25) is 0 Å². The van der Waals surface area contributed by atoms with Gasteiger partial charge in [0.05, 0.1) is 10.1 Å². The molecule has 0 amide bonds. The van der Waals surface area contributed by atoms with Crippen molar-refractivity contribution in [3.05, 3.63) is 24.7 Å². The number of nitrogens with one attached hydrogen (secondary N) is 1. The van der Waals surface area contributed by atoms with Crippen molar-refractivity contribution in [1.82, 2.24) is 15.0 Å². The van der Waals surface area contributed by atoms with Gasteiger partial charge in [-0.05, 0) is 25.0 Å². The lowest BCUT2D eigenvalue weighted by Gasteiger charge is -2.30. The maximum absolute atomic E-state index is 12.1. The highest BCUT2D eigenvalue weighted by Crippen LogP contribution is 2.26. The van der Waals surface area contributed by atoms with Gasteiger partial charge in [-0.1, -0.05) is 13.8 Å². The van der Waals surface area contributed by atoms with Crippen LogP contribution in [0.3, 0.4) is 0 Å². The Kier molecular flexibility index (Phi) is 4.41. The molecule has 0 fully saturated rings. The number of anilines is 1. The summed E-state index contributed by atoms with van der Waals surface area (Å²) in [5, 5.41) is 3.95. The van der Waals surface area contributed by atoms with Gasteiger partial charge in [-0.25, -0.2) is 23.4 Å². The number of hydrogen-bond donors (Lipinski definition) is 1. The molecular formula is C14H20N4O2S. The molecule has 0 aliphatic carbocycles. The molecule has 0 bridgehead atoms. The monoisotopic (exact) mass is 308 g/mol. The molecule has 114 valence electrons. The molecule has 6 nitrogen and oxygen atoms in total. The van der Waals surface area contributed by atoms with Crippen molar-refractivity contribution >= 4 is 26.7 Å². The average Bonchev–Trinajstić information content (AvgIpc) is 2.47. The molecule has 2 aromatic heterocycles. The average molecular weight is 308 g/mol. The number of rotatable bonds is 6. The van der Waals surface area contributed by atoms with Crippen molar-refractivity contribution < 1.29 is 8.42 Å². The maximum Gasteiger partial charge on any atom is 0.164 e. The predicted octanol–water partition coefficient (Wildman–Crippen LogP) is 2.04. The number of fused-ring (bicyclic) bond motifs is 1. The predicted molar refractivity (Wildman–Crippen MR) is 84.0 cm³/mol. The molecule has 0 spiro atoms. The molecular weight excluding hydrogens is 288 g/mol. The molecule has 2 heterocycles. The standard InChI is InChI=1S/C14H20N4O2S/c1-4-14(5-2,21(3,19)20)9-16-13-11-7-6-8-15-12(11)17-10-18-13/h6-8,10H,4-5,9H2,1-3H3,(H,15,16,17,18). The molecule has 0 aliphatic rings. The first-order valence-electron chi connectivity index (χ1n) is 6.92. The van der Waals surface area contributed by atoms with Crippen molar-refractivity contribution in [3.63, 3.8) is 0 Å². The molecule has 0 radical (unpaired) electrons. The Morgan fingerprint density at radius 3 is 2.52 bits per heavy atom. The fraction of sp³-hybridized carbons (Fsp3) is 0.500. The first kappa shape index (κ1) is 15.6. The van der Waals surface area contributed by atoms with Crippen LogP contribution in [0.2, 0.25) is 0 Å². The summed E-state index contributed by atoms with van der Waals surface area (Å²) in [5.41, 5.74) is 0.591. The molecule has 0 aliphatic heterocycles. The summed E-state index contributed by atoms with van der Waals surface area (Å²) in [6.07, 6.45) is 5.49. The Bertz CT molecular complexity index is 721. The van der Waals surface area contributed by atoms with Crippen LogP contribution in [-0.4, -0.2) is 40.9 Å². The van der Waals surface area contributed by atoms with Gasteiger partial charge < -0.3 is 5.32 Å². The number of sulfone groups is 1. The minimum absolute atomic E-state index is 0.319. The minimum atomic E-state index is -3.17. The molecule has 0 atom stereocenters. The summed E-state index contributed by atoms with van der Waals surface area (Å²) < 4.78 is 23.4. The third-order valence-corrected chi connectivity index (χ3v) is 6.36. The minimum Gasteiger partial charge on any atom is -0.368 e. The fourth-order valence-electron chi connectivity index (χ4n) is 2.44. The van der Waals surface area contributed by atoms with E-state index in [4.69, 9.17) is 0 Å². The molecule has 0 aromatic carbocycles. The Balaban J connectivity index is 2.33. The van der Waals surface area contributed by atoms with Gasteiger partial charge in [-0.15, -0.1) is 0 Å². The Morgan fingerprint density at radius 1 is 1.19 bits per heavy atom. The summed E-state index contributed by atoms with van der Waals surface area (Å²) >= 11 is 0. The van der Waals surface area contributed by atoms with Gasteiger partial charge in [0.1, 0.15) is 12.1 Å². The normalized spacial score (nSPS) is 12.5. The van der Waals surface area contributed by atoms with Crippen molar-refractivity contribution in [3.8, 4) is 0 Å². The Labute approximate surface area is 125 Å². The Morgan fingerprint density at radius 2 is 1.90 bits per heavy atom. The third-order valence-electron chi connectivity index (χ3n) is 4.06. The van der Waals surface area contributed by atoms with E-state index in [-0.39, 0.29) is 0 Å². The molecule has 2 rings (SSSR count). The lowest BCUT2D eigenvalue weighted by molar-refractivity contribution is 0.498. The largest absolute Gasteiger partial charge is 0.368 e. The summed E-state index contributed by atoms with van der Waals surface area (Å²) in [7, 11) is -3.17. The molecule has 2 aromatic rings. The van der Waals surface area contributed by atoms with E-state index in [0.29, 0.717) is 30.9 Å². The SMILES string of the molecule is CCC(CC)(CNc1ncnc2ncccc12)S(C)(=O)=O. The number of pyridine rings is 1. The van der Waals surface area contributed by atoms with Crippen LogP contribution in [0.1, 0.15) is 26.7 Å². The molecule has 0 saturated heterocycles. The van der Waals surface area contributed by atoms with Crippen LogP contribution in [0.25, 0.3) is 11.0 Å². The van der Waals surface area contributed by atoms with Gasteiger partial charge in [0.25, 0.3) is 0 Å². The second-order valence-corrected chi connectivity index (χ2v) is 7.52. The molecule has 0 unspecified atom stereocenters. The van der Waals surface area contributed by atoms with E-state index in [2.05, 4.69) is 20.3 Å². The highest BCUT2D eigenvalue weighted by Gasteiger charge is 2.37. The highest BCUT2D eigenvalue weighted by molar-refractivity contribution is 7.92. The van der Waals surface area contributed by atoms with Crippen LogP contribution in [-0.2, 0) is 9.84 Å². The lowest BCUT2D eigenvalue weighted by Crippen LogP contribution is -2.43. The first-order valence-corrected chi connectivity index (χ1v) is 8.82. The molecule has 7 heteroatoms. The number of nitrogens with zero attached hydrogens (tertiary/aromatic N) is 3. The quantitative estimate of drug-likeness (QED) is 0.879. The van der Waals surface area contributed by atoms with Gasteiger partial charge in [-0.2, -0.15) is 0 Å². The molecule has 21 heavy (non-hydrogen) atoms. The van der Waals surface area contributed by atoms with E-state index < -0.39 is 14.6 Å². The van der Waals surface area contributed by atoms with Crippen LogP contribution in [0.4, 0.5) is 5.82 Å². The summed E-state index contributed by atoms with van der Waals surface area (Å²) in [5.74, 6) is 0.614. The van der Waals surface area contributed by atoms with Gasteiger partial charge >= 0.3 is 0 Å². The first-order chi connectivity index (χ1) is 9.93. The summed E-state index contributed by atoms with van der Waals surface area (Å²) in [6.45, 7) is 4.11. The van der Waals surface area contributed by atoms with Crippen molar-refractivity contribution in [1.29, 1.82) is 0 Å². The second-order valence-electron chi connectivity index (χ2n) is 5.11. The van der Waals surface area contributed by atoms with E-state index >= 15 is 0 Å². The third kappa shape index (κ3) is 2.97. The van der Waals surface area contributed by atoms with Crippen molar-refractivity contribution in [2.24, 2.45) is 0 Å². The summed E-state index contributed by atoms with van der Waals surface area (Å²) in [6, 6.07) is 3.67. The van der Waals surface area contributed by atoms with Crippen LogP contribution in [0.5, 0.6) is 0 Å². The zero-order valence-electron chi connectivity index (χ0n) is 12.5. The second kappa shape index (κ2) is 5.93. The van der Waals surface area contributed by atoms with E-state index in [1.54, 1.807) is 12.3 Å². The maximum atomic E-state index is 12.1. The zero-order chi connectivity index (χ0) is 15.5. The van der Waals surface area contributed by atoms with Gasteiger partial charge in [0, 0.05) is 19.0 Å². The smallest absolute Gasteiger partial charge is 0.164 e. The molecule has 0 saturated carbocycles. The van der Waals surface area contributed by atoms with Crippen molar-refractivity contribution in [2.45, 2.75) is 31.4 Å². The Hall–Kier alpha value is -1.76. The summed E-state index contributed by atoms with van der Waals surface area (Å²) in [4.78, 5) is 12.5. The van der Waals surface area contributed by atoms with Gasteiger partial charge in [0.15, 0.2) is 15.5 Å². The zero-order valence-corrected chi connectivity index (χ0v) is 13.3.